The average Bonchev–Trinajstić information content (AvgIpc) is 2.58. The molecule has 25 heavy (non-hydrogen) atoms. The molecule has 0 saturated heterocycles. The molecule has 0 aliphatic rings. The van der Waals surface area contributed by atoms with Crippen LogP contribution < -0.4 is 4.90 Å². The molecular formula is C18H20ClN3O3. The van der Waals surface area contributed by atoms with Crippen molar-refractivity contribution >= 4 is 28.9 Å². The van der Waals surface area contributed by atoms with E-state index in [1.165, 1.54) is 18.2 Å². The highest BCUT2D eigenvalue weighted by atomic mass is 35.5. The molecule has 0 radical (unpaired) electrons. The van der Waals surface area contributed by atoms with Gasteiger partial charge < -0.3 is 4.90 Å². The number of hydrogen-bond acceptors (Lipinski definition) is 4. The van der Waals surface area contributed by atoms with E-state index in [4.69, 9.17) is 11.6 Å². The van der Waals surface area contributed by atoms with Crippen molar-refractivity contribution < 1.29 is 9.72 Å². The summed E-state index contributed by atoms with van der Waals surface area (Å²) in [4.78, 5) is 26.5. The highest BCUT2D eigenvalue weighted by molar-refractivity contribution is 6.31. The van der Waals surface area contributed by atoms with Gasteiger partial charge >= 0.3 is 0 Å². The number of carbonyl (C=O) groups is 1. The molecule has 0 bridgehead atoms. The molecular weight excluding hydrogens is 342 g/mol. The lowest BCUT2D eigenvalue weighted by Gasteiger charge is -2.24. The molecule has 2 rings (SSSR count). The lowest BCUT2D eigenvalue weighted by Crippen LogP contribution is -2.38. The third-order valence-electron chi connectivity index (χ3n) is 3.77. The average molecular weight is 362 g/mol. The van der Waals surface area contributed by atoms with Crippen molar-refractivity contribution in [2.45, 2.75) is 13.5 Å². The molecule has 0 aliphatic carbocycles. The molecule has 0 heterocycles. The third-order valence-corrected chi connectivity index (χ3v) is 4.14. The summed E-state index contributed by atoms with van der Waals surface area (Å²) in [6.45, 7) is 3.01. The van der Waals surface area contributed by atoms with Crippen LogP contribution in [0, 0.1) is 10.1 Å². The minimum Gasteiger partial charge on any atom is -0.312 e. The van der Waals surface area contributed by atoms with Gasteiger partial charge in [0.2, 0.25) is 5.91 Å². The van der Waals surface area contributed by atoms with Crippen LogP contribution in [-0.2, 0) is 11.3 Å². The van der Waals surface area contributed by atoms with Gasteiger partial charge in [-0.1, -0.05) is 29.8 Å². The Bertz CT molecular complexity index is 752. The van der Waals surface area contributed by atoms with E-state index in [1.807, 2.05) is 37.3 Å². The predicted molar refractivity (Wildman–Crippen MR) is 98.9 cm³/mol. The maximum Gasteiger partial charge on any atom is 0.269 e. The van der Waals surface area contributed by atoms with Gasteiger partial charge in [-0.15, -0.1) is 0 Å². The molecule has 6 nitrogen and oxygen atoms in total. The van der Waals surface area contributed by atoms with Gasteiger partial charge in [0.05, 0.1) is 11.5 Å². The number of nitro benzene ring substituents is 1. The van der Waals surface area contributed by atoms with Gasteiger partial charge in [-0.3, -0.25) is 19.8 Å². The van der Waals surface area contributed by atoms with Gasteiger partial charge in [0.25, 0.3) is 5.69 Å². The number of amides is 1. The fraction of sp³-hybridized carbons (Fsp3) is 0.278. The Hall–Kier alpha value is -2.44. The number of nitro groups is 1. The second-order valence-corrected chi connectivity index (χ2v) is 6.09. The minimum atomic E-state index is -0.459. The van der Waals surface area contributed by atoms with Gasteiger partial charge in [-0.2, -0.15) is 0 Å². The summed E-state index contributed by atoms with van der Waals surface area (Å²) in [6.07, 6.45) is 0. The number of anilines is 1. The lowest BCUT2D eigenvalue weighted by molar-refractivity contribution is -0.384. The van der Waals surface area contributed by atoms with Gasteiger partial charge in [-0.05, 0) is 37.7 Å². The molecule has 0 fully saturated rings. The maximum atomic E-state index is 12.6. The fourth-order valence-corrected chi connectivity index (χ4v) is 2.75. The molecule has 1 amide bonds. The number of likely N-dealkylation sites (N-methyl/N-ethyl adjacent to an activating group) is 2. The Morgan fingerprint density at radius 1 is 1.20 bits per heavy atom. The Kier molecular flexibility index (Phi) is 6.50. The number of non-ortho nitro benzene ring substituents is 1. The predicted octanol–water partition coefficient (Wildman–Crippen LogP) is 3.73. The SMILES string of the molecule is CCN(C(=O)CN(C)Cc1cc([N+](=O)[O-])ccc1Cl)c1ccccc1. The molecule has 0 unspecified atom stereocenters. The van der Waals surface area contributed by atoms with Crippen molar-refractivity contribution in [3.05, 3.63) is 69.2 Å². The molecule has 0 atom stereocenters. The second-order valence-electron chi connectivity index (χ2n) is 5.68. The van der Waals surface area contributed by atoms with E-state index in [-0.39, 0.29) is 18.1 Å². The monoisotopic (exact) mass is 361 g/mol. The van der Waals surface area contributed by atoms with Crippen LogP contribution in [0.3, 0.4) is 0 Å². The molecule has 0 saturated carbocycles. The number of benzene rings is 2. The van der Waals surface area contributed by atoms with E-state index in [9.17, 15) is 14.9 Å². The lowest BCUT2D eigenvalue weighted by atomic mass is 10.2. The zero-order valence-electron chi connectivity index (χ0n) is 14.2. The van der Waals surface area contributed by atoms with E-state index in [2.05, 4.69) is 0 Å². The molecule has 0 aromatic heterocycles. The van der Waals surface area contributed by atoms with Crippen LogP contribution in [0.25, 0.3) is 0 Å². The van der Waals surface area contributed by atoms with Gasteiger partial charge in [-0.25, -0.2) is 0 Å². The maximum absolute atomic E-state index is 12.6. The van der Waals surface area contributed by atoms with Gasteiger partial charge in [0, 0.05) is 35.9 Å². The molecule has 0 N–H and O–H groups in total. The molecule has 7 heteroatoms. The van der Waals surface area contributed by atoms with E-state index in [0.717, 1.165) is 5.69 Å². The number of halogens is 1. The van der Waals surface area contributed by atoms with Crippen LogP contribution in [0.2, 0.25) is 5.02 Å². The quantitative estimate of drug-likeness (QED) is 0.556. The van der Waals surface area contributed by atoms with Gasteiger partial charge in [0.1, 0.15) is 0 Å². The van der Waals surface area contributed by atoms with Crippen LogP contribution in [0.15, 0.2) is 48.5 Å². The van der Waals surface area contributed by atoms with Crippen molar-refractivity contribution in [1.82, 2.24) is 4.90 Å². The van der Waals surface area contributed by atoms with Crippen molar-refractivity contribution in [2.75, 3.05) is 25.0 Å². The van der Waals surface area contributed by atoms with E-state index in [0.29, 0.717) is 23.7 Å². The first kappa shape index (κ1) is 18.9. The summed E-state index contributed by atoms with van der Waals surface area (Å²) in [6, 6.07) is 13.8. The summed E-state index contributed by atoms with van der Waals surface area (Å²) in [7, 11) is 1.78. The second kappa shape index (κ2) is 8.60. The molecule has 2 aromatic rings. The number of nitrogens with zero attached hydrogens (tertiary/aromatic N) is 3. The summed E-state index contributed by atoms with van der Waals surface area (Å²) >= 11 is 6.12. The summed E-state index contributed by atoms with van der Waals surface area (Å²) in [5, 5.41) is 11.3. The van der Waals surface area contributed by atoms with E-state index < -0.39 is 4.92 Å². The largest absolute Gasteiger partial charge is 0.312 e. The summed E-state index contributed by atoms with van der Waals surface area (Å²) < 4.78 is 0. The number of para-hydroxylation sites is 1. The van der Waals surface area contributed by atoms with Crippen molar-refractivity contribution in [3.63, 3.8) is 0 Å². The number of hydrogen-bond donors (Lipinski definition) is 0. The van der Waals surface area contributed by atoms with E-state index >= 15 is 0 Å². The van der Waals surface area contributed by atoms with Gasteiger partial charge in [0.15, 0.2) is 0 Å². The van der Waals surface area contributed by atoms with Crippen molar-refractivity contribution in [1.29, 1.82) is 0 Å². The number of rotatable bonds is 7. The first-order chi connectivity index (χ1) is 11.9. The highest BCUT2D eigenvalue weighted by Gasteiger charge is 2.17. The van der Waals surface area contributed by atoms with Crippen LogP contribution in [-0.4, -0.2) is 35.9 Å². The van der Waals surface area contributed by atoms with E-state index in [1.54, 1.807) is 16.8 Å². The molecule has 132 valence electrons. The Labute approximate surface area is 151 Å². The van der Waals surface area contributed by atoms with Crippen LogP contribution in [0.1, 0.15) is 12.5 Å². The van der Waals surface area contributed by atoms with Crippen molar-refractivity contribution in [3.8, 4) is 0 Å². The summed E-state index contributed by atoms with van der Waals surface area (Å²) in [5.41, 5.74) is 1.45. The zero-order valence-corrected chi connectivity index (χ0v) is 14.9. The third kappa shape index (κ3) is 5.01. The first-order valence-electron chi connectivity index (χ1n) is 7.89. The van der Waals surface area contributed by atoms with Crippen molar-refractivity contribution in [2.24, 2.45) is 0 Å². The Morgan fingerprint density at radius 3 is 2.48 bits per heavy atom. The van der Waals surface area contributed by atoms with Crippen LogP contribution in [0.5, 0.6) is 0 Å². The number of carbonyl (C=O) groups excluding carboxylic acids is 1. The highest BCUT2D eigenvalue weighted by Crippen LogP contribution is 2.23. The molecule has 2 aromatic carbocycles. The normalized spacial score (nSPS) is 10.7. The van der Waals surface area contributed by atoms with Crippen LogP contribution >= 0.6 is 11.6 Å². The van der Waals surface area contributed by atoms with Crippen LogP contribution in [0.4, 0.5) is 11.4 Å². The molecule has 0 aliphatic heterocycles. The Morgan fingerprint density at radius 2 is 1.88 bits per heavy atom. The fourth-order valence-electron chi connectivity index (χ4n) is 2.57. The standard InChI is InChI=1S/C18H20ClN3O3/c1-3-21(15-7-5-4-6-8-15)18(23)13-20(2)12-14-11-16(22(24)25)9-10-17(14)19/h4-11H,3,12-13H2,1-2H3. The Balaban J connectivity index is 2.06. The smallest absolute Gasteiger partial charge is 0.269 e. The minimum absolute atomic E-state index is 0.0152. The summed E-state index contributed by atoms with van der Waals surface area (Å²) in [5.74, 6) is -0.0437. The zero-order chi connectivity index (χ0) is 18.4. The molecule has 0 spiro atoms. The topological polar surface area (TPSA) is 66.7 Å². The first-order valence-corrected chi connectivity index (χ1v) is 8.27.